The molecule has 5 nitrogen and oxygen atoms in total. The van der Waals surface area contributed by atoms with Crippen molar-refractivity contribution in [2.75, 3.05) is 13.7 Å². The van der Waals surface area contributed by atoms with Crippen LogP contribution in [0.5, 0.6) is 0 Å². The monoisotopic (exact) mass is 394 g/mol. The minimum Gasteiger partial charge on any atom is -0.383 e. The van der Waals surface area contributed by atoms with E-state index >= 15 is 0 Å². The third-order valence-corrected chi connectivity index (χ3v) is 5.23. The number of aryl methyl sites for hydroxylation is 1. The quantitative estimate of drug-likeness (QED) is 0.595. The lowest BCUT2D eigenvalue weighted by atomic mass is 10.4. The van der Waals surface area contributed by atoms with Crippen molar-refractivity contribution >= 4 is 33.3 Å². The predicted molar refractivity (Wildman–Crippen MR) is 96.0 cm³/mol. The molecule has 0 radical (unpaired) electrons. The molecule has 0 fully saturated rings. The van der Waals surface area contributed by atoms with Crippen molar-refractivity contribution in [1.82, 2.24) is 18.9 Å². The second kappa shape index (κ2) is 7.07. The summed E-state index contributed by atoms with van der Waals surface area (Å²) in [7, 11) is 1.72. The Balaban J connectivity index is 1.77. The molecule has 0 aliphatic carbocycles. The van der Waals surface area contributed by atoms with Crippen LogP contribution in [-0.2, 0) is 17.0 Å². The maximum absolute atomic E-state index is 5.20. The Morgan fingerprint density at radius 3 is 2.83 bits per heavy atom. The molecule has 0 aliphatic heterocycles. The van der Waals surface area contributed by atoms with Gasteiger partial charge in [-0.15, -0.1) is 0 Å². The number of ether oxygens (including phenoxy) is 1. The fraction of sp³-hybridized carbons (Fsp3) is 0.375. The Kier molecular flexibility index (Phi) is 5.08. The summed E-state index contributed by atoms with van der Waals surface area (Å²) < 4.78 is 10.5. The molecule has 7 heteroatoms. The summed E-state index contributed by atoms with van der Waals surface area (Å²) >= 11 is 5.20. The van der Waals surface area contributed by atoms with E-state index in [1.807, 2.05) is 29.7 Å². The minimum atomic E-state index is 0.687. The molecule has 0 amide bonds. The number of methoxy groups -OCH3 is 1. The number of fused-ring (bicyclic) bond motifs is 1. The van der Waals surface area contributed by atoms with Gasteiger partial charge in [0.05, 0.1) is 18.0 Å². The zero-order chi connectivity index (χ0) is 16.4. The van der Waals surface area contributed by atoms with Gasteiger partial charge in [0, 0.05) is 42.0 Å². The Labute approximate surface area is 148 Å². The first-order valence-electron chi connectivity index (χ1n) is 7.37. The highest BCUT2D eigenvalue weighted by Gasteiger charge is 2.12. The first-order chi connectivity index (χ1) is 11.1. The van der Waals surface area contributed by atoms with E-state index in [9.17, 15) is 0 Å². The van der Waals surface area contributed by atoms with Crippen molar-refractivity contribution in [3.63, 3.8) is 0 Å². The Morgan fingerprint density at radius 1 is 1.22 bits per heavy atom. The van der Waals surface area contributed by atoms with Crippen LogP contribution in [0, 0.1) is 13.8 Å². The lowest BCUT2D eigenvalue weighted by molar-refractivity contribution is 0.184. The number of thioether (sulfide) groups is 1. The van der Waals surface area contributed by atoms with Gasteiger partial charge in [-0.1, -0.05) is 11.8 Å². The van der Waals surface area contributed by atoms with Crippen LogP contribution in [0.2, 0.25) is 0 Å². The van der Waals surface area contributed by atoms with Gasteiger partial charge in [0.1, 0.15) is 5.65 Å². The zero-order valence-corrected chi connectivity index (χ0v) is 15.8. The molecule has 3 heterocycles. The van der Waals surface area contributed by atoms with E-state index in [4.69, 9.17) is 4.74 Å². The van der Waals surface area contributed by atoms with E-state index in [1.165, 1.54) is 5.69 Å². The molecule has 0 aromatic carbocycles. The molecular weight excluding hydrogens is 376 g/mol. The van der Waals surface area contributed by atoms with Gasteiger partial charge < -0.3 is 13.7 Å². The number of imidazole rings is 2. The van der Waals surface area contributed by atoms with Gasteiger partial charge in [0.25, 0.3) is 0 Å². The fourth-order valence-electron chi connectivity index (χ4n) is 2.40. The molecule has 122 valence electrons. The van der Waals surface area contributed by atoms with Crippen molar-refractivity contribution in [1.29, 1.82) is 0 Å². The van der Waals surface area contributed by atoms with E-state index in [0.29, 0.717) is 6.61 Å². The molecule has 0 bridgehead atoms. The van der Waals surface area contributed by atoms with Crippen molar-refractivity contribution < 1.29 is 4.74 Å². The van der Waals surface area contributed by atoms with Crippen molar-refractivity contribution in [2.24, 2.45) is 0 Å². The Hall–Kier alpha value is -1.31. The van der Waals surface area contributed by atoms with Gasteiger partial charge in [-0.3, -0.25) is 0 Å². The molecule has 3 aromatic rings. The normalized spacial score (nSPS) is 11.5. The summed E-state index contributed by atoms with van der Waals surface area (Å²) in [5.74, 6) is 0.794. The average molecular weight is 395 g/mol. The number of aromatic nitrogens is 4. The molecule has 23 heavy (non-hydrogen) atoms. The third-order valence-electron chi connectivity index (χ3n) is 3.76. The van der Waals surface area contributed by atoms with Crippen LogP contribution in [0.15, 0.2) is 34.2 Å². The summed E-state index contributed by atoms with van der Waals surface area (Å²) in [5, 5.41) is 1.02. The van der Waals surface area contributed by atoms with E-state index in [0.717, 1.165) is 39.0 Å². The average Bonchev–Trinajstić information content (AvgIpc) is 3.04. The highest BCUT2D eigenvalue weighted by atomic mass is 79.9. The number of nitrogens with zero attached hydrogens (tertiary/aromatic N) is 4. The summed E-state index contributed by atoms with van der Waals surface area (Å²) in [6.07, 6.45) is 4.08. The topological polar surface area (TPSA) is 44.4 Å². The van der Waals surface area contributed by atoms with E-state index in [-0.39, 0.29) is 0 Å². The van der Waals surface area contributed by atoms with Crippen LogP contribution in [0.4, 0.5) is 0 Å². The second-order valence-electron chi connectivity index (χ2n) is 5.34. The number of rotatable bonds is 6. The van der Waals surface area contributed by atoms with Crippen molar-refractivity contribution in [3.05, 3.63) is 46.1 Å². The molecule has 3 rings (SSSR count). The van der Waals surface area contributed by atoms with Crippen LogP contribution < -0.4 is 0 Å². The van der Waals surface area contributed by atoms with Crippen LogP contribution in [0.25, 0.3) is 5.65 Å². The fourth-order valence-corrected chi connectivity index (χ4v) is 3.76. The standard InChI is InChI=1S/C16H19BrN4OS/c1-11-12(2)21(6-7-22-3)16(18-11)23-10-14-9-20-8-13(17)4-5-15(20)19-14/h4-5,8-9H,6-7,10H2,1-3H3. The molecular formula is C16H19BrN4OS. The lowest BCUT2D eigenvalue weighted by Crippen LogP contribution is -2.07. The molecule has 0 unspecified atom stereocenters. The van der Waals surface area contributed by atoms with E-state index in [1.54, 1.807) is 18.9 Å². The third kappa shape index (κ3) is 3.62. The number of halogens is 1. The van der Waals surface area contributed by atoms with Gasteiger partial charge >= 0.3 is 0 Å². The summed E-state index contributed by atoms with van der Waals surface area (Å²) in [4.78, 5) is 9.32. The maximum atomic E-state index is 5.20. The van der Waals surface area contributed by atoms with Gasteiger partial charge in [-0.05, 0) is 41.9 Å². The molecule has 0 atom stereocenters. The van der Waals surface area contributed by atoms with Gasteiger partial charge in [-0.2, -0.15) is 0 Å². The summed E-state index contributed by atoms with van der Waals surface area (Å²) in [6, 6.07) is 4.01. The van der Waals surface area contributed by atoms with Crippen molar-refractivity contribution in [2.45, 2.75) is 31.3 Å². The summed E-state index contributed by atoms with van der Waals surface area (Å²) in [5.41, 5.74) is 4.27. The highest BCUT2D eigenvalue weighted by Crippen LogP contribution is 2.25. The highest BCUT2D eigenvalue weighted by molar-refractivity contribution is 9.10. The maximum Gasteiger partial charge on any atom is 0.168 e. The van der Waals surface area contributed by atoms with Crippen LogP contribution in [-0.4, -0.2) is 32.7 Å². The van der Waals surface area contributed by atoms with Gasteiger partial charge in [-0.25, -0.2) is 9.97 Å². The SMILES string of the molecule is COCCn1c(SCc2cn3cc(Br)ccc3n2)nc(C)c1C. The van der Waals surface area contributed by atoms with Crippen LogP contribution >= 0.6 is 27.7 Å². The van der Waals surface area contributed by atoms with Crippen molar-refractivity contribution in [3.8, 4) is 0 Å². The lowest BCUT2D eigenvalue weighted by Gasteiger charge is -2.08. The minimum absolute atomic E-state index is 0.687. The Morgan fingerprint density at radius 2 is 2.04 bits per heavy atom. The largest absolute Gasteiger partial charge is 0.383 e. The molecule has 0 N–H and O–H groups in total. The molecule has 3 aromatic heterocycles. The van der Waals surface area contributed by atoms with Crippen LogP contribution in [0.3, 0.4) is 0 Å². The molecule has 0 saturated carbocycles. The zero-order valence-electron chi connectivity index (χ0n) is 13.4. The van der Waals surface area contributed by atoms with Gasteiger partial charge in [0.2, 0.25) is 0 Å². The first kappa shape index (κ1) is 16.5. The predicted octanol–water partition coefficient (Wildman–Crippen LogP) is 3.85. The molecule has 0 saturated heterocycles. The number of pyridine rings is 1. The molecule has 0 aliphatic rings. The smallest absolute Gasteiger partial charge is 0.168 e. The van der Waals surface area contributed by atoms with E-state index in [2.05, 4.69) is 43.6 Å². The number of hydrogen-bond donors (Lipinski definition) is 0. The number of hydrogen-bond acceptors (Lipinski definition) is 4. The van der Waals surface area contributed by atoms with Gasteiger partial charge in [0.15, 0.2) is 5.16 Å². The first-order valence-corrected chi connectivity index (χ1v) is 9.15. The second-order valence-corrected chi connectivity index (χ2v) is 7.20. The summed E-state index contributed by atoms with van der Waals surface area (Å²) in [6.45, 7) is 5.66. The Bertz CT molecular complexity index is 827. The van der Waals surface area contributed by atoms with Crippen LogP contribution in [0.1, 0.15) is 17.1 Å². The van der Waals surface area contributed by atoms with E-state index < -0.39 is 0 Å². The molecule has 0 spiro atoms.